The quantitative estimate of drug-likeness (QED) is 0.832. The van der Waals surface area contributed by atoms with Gasteiger partial charge in [0.05, 0.1) is 10.7 Å². The molecule has 0 aliphatic carbocycles. The van der Waals surface area contributed by atoms with Crippen LogP contribution in [0.2, 0.25) is 5.02 Å². The highest BCUT2D eigenvalue weighted by atomic mass is 79.9. The van der Waals surface area contributed by atoms with Gasteiger partial charge in [0.15, 0.2) is 0 Å². The van der Waals surface area contributed by atoms with Gasteiger partial charge in [-0.25, -0.2) is 4.98 Å². The van der Waals surface area contributed by atoms with E-state index in [1.54, 1.807) is 11.3 Å². The molecule has 102 valence electrons. The average Bonchev–Trinajstić information content (AvgIpc) is 2.77. The summed E-state index contributed by atoms with van der Waals surface area (Å²) in [6.45, 7) is 5.03. The Labute approximate surface area is 131 Å². The van der Waals surface area contributed by atoms with Gasteiger partial charge in [-0.1, -0.05) is 34.5 Å². The van der Waals surface area contributed by atoms with Crippen LogP contribution < -0.4 is 5.32 Å². The van der Waals surface area contributed by atoms with E-state index in [0.29, 0.717) is 0 Å². The number of hydrogen-bond donors (Lipinski definition) is 1. The van der Waals surface area contributed by atoms with Crippen LogP contribution in [-0.2, 0) is 6.42 Å². The summed E-state index contributed by atoms with van der Waals surface area (Å²) in [6, 6.07) is 6.16. The second-order valence-electron chi connectivity index (χ2n) is 4.34. The maximum Gasteiger partial charge on any atom is 0.0897 e. The van der Waals surface area contributed by atoms with Crippen LogP contribution in [0.1, 0.15) is 29.2 Å². The van der Waals surface area contributed by atoms with Crippen LogP contribution in [0.3, 0.4) is 0 Å². The maximum atomic E-state index is 6.32. The normalized spacial score (nSPS) is 12.6. The monoisotopic (exact) mass is 358 g/mol. The molecule has 2 rings (SSSR count). The molecule has 1 atom stereocenters. The number of nitrogens with one attached hydrogen (secondary N) is 1. The van der Waals surface area contributed by atoms with Gasteiger partial charge in [-0.2, -0.15) is 0 Å². The minimum absolute atomic E-state index is 0.191. The van der Waals surface area contributed by atoms with Crippen LogP contribution in [-0.4, -0.2) is 11.5 Å². The van der Waals surface area contributed by atoms with Crippen molar-refractivity contribution in [1.82, 2.24) is 10.3 Å². The first kappa shape index (κ1) is 15.0. The molecule has 1 heterocycles. The number of rotatable bonds is 5. The van der Waals surface area contributed by atoms with Crippen molar-refractivity contribution in [3.63, 3.8) is 0 Å². The summed E-state index contributed by atoms with van der Waals surface area (Å²) in [5.74, 6) is 0. The zero-order valence-corrected chi connectivity index (χ0v) is 14.1. The number of benzene rings is 1. The minimum atomic E-state index is 0.191. The molecule has 1 aromatic carbocycles. The van der Waals surface area contributed by atoms with Gasteiger partial charge in [0, 0.05) is 27.3 Å². The van der Waals surface area contributed by atoms with Gasteiger partial charge in [-0.05, 0) is 37.2 Å². The van der Waals surface area contributed by atoms with Gasteiger partial charge in [0.25, 0.3) is 0 Å². The fourth-order valence-electron chi connectivity index (χ4n) is 2.03. The first-order valence-electron chi connectivity index (χ1n) is 6.19. The molecular weight excluding hydrogens is 344 g/mol. The predicted octanol–water partition coefficient (Wildman–Crippen LogP) is 4.76. The standard InChI is InChI=1S/C14H16BrClN2S/c1-3-17-14(7-11-8-19-9(2)18-11)12-6-10(15)4-5-13(12)16/h4-6,8,14,17H,3,7H2,1-2H3. The van der Waals surface area contributed by atoms with Crippen LogP contribution in [0.15, 0.2) is 28.1 Å². The van der Waals surface area contributed by atoms with E-state index in [4.69, 9.17) is 11.6 Å². The lowest BCUT2D eigenvalue weighted by atomic mass is 10.0. The summed E-state index contributed by atoms with van der Waals surface area (Å²) in [4.78, 5) is 4.53. The second-order valence-corrected chi connectivity index (χ2v) is 6.72. The minimum Gasteiger partial charge on any atom is -0.310 e. The number of aryl methyl sites for hydroxylation is 1. The molecule has 2 aromatic rings. The maximum absolute atomic E-state index is 6.32. The summed E-state index contributed by atoms with van der Waals surface area (Å²) >= 11 is 11.5. The number of hydrogen-bond acceptors (Lipinski definition) is 3. The predicted molar refractivity (Wildman–Crippen MR) is 86.1 cm³/mol. The Bertz CT molecular complexity index is 556. The fraction of sp³-hybridized carbons (Fsp3) is 0.357. The van der Waals surface area contributed by atoms with E-state index < -0.39 is 0 Å². The van der Waals surface area contributed by atoms with Gasteiger partial charge in [-0.15, -0.1) is 11.3 Å². The van der Waals surface area contributed by atoms with Crippen molar-refractivity contribution >= 4 is 38.9 Å². The smallest absolute Gasteiger partial charge is 0.0897 e. The van der Waals surface area contributed by atoms with Gasteiger partial charge < -0.3 is 5.32 Å². The Kier molecular flexibility index (Phi) is 5.39. The lowest BCUT2D eigenvalue weighted by Crippen LogP contribution is -2.23. The highest BCUT2D eigenvalue weighted by Gasteiger charge is 2.16. The zero-order chi connectivity index (χ0) is 13.8. The van der Waals surface area contributed by atoms with Crippen LogP contribution in [0.5, 0.6) is 0 Å². The lowest BCUT2D eigenvalue weighted by molar-refractivity contribution is 0.545. The van der Waals surface area contributed by atoms with Crippen molar-refractivity contribution in [3.05, 3.63) is 49.3 Å². The van der Waals surface area contributed by atoms with Crippen LogP contribution >= 0.6 is 38.9 Å². The van der Waals surface area contributed by atoms with Gasteiger partial charge in [0.2, 0.25) is 0 Å². The Balaban J connectivity index is 2.26. The van der Waals surface area contributed by atoms with E-state index in [0.717, 1.165) is 38.7 Å². The Morgan fingerprint density at radius 3 is 2.89 bits per heavy atom. The molecule has 0 aliphatic rings. The molecule has 2 nitrogen and oxygen atoms in total. The van der Waals surface area contributed by atoms with E-state index in [2.05, 4.69) is 44.6 Å². The second kappa shape index (κ2) is 6.84. The van der Waals surface area contributed by atoms with E-state index in [9.17, 15) is 0 Å². The van der Waals surface area contributed by atoms with Crippen LogP contribution in [0.4, 0.5) is 0 Å². The molecule has 0 radical (unpaired) electrons. The molecule has 0 saturated carbocycles. The molecule has 5 heteroatoms. The van der Waals surface area contributed by atoms with Gasteiger partial charge in [-0.3, -0.25) is 0 Å². The van der Waals surface area contributed by atoms with Crippen LogP contribution in [0, 0.1) is 6.92 Å². The molecule has 1 unspecified atom stereocenters. The third kappa shape index (κ3) is 4.02. The molecule has 0 saturated heterocycles. The SMILES string of the molecule is CCNC(Cc1csc(C)n1)c1cc(Br)ccc1Cl. The van der Waals surface area contributed by atoms with Gasteiger partial charge >= 0.3 is 0 Å². The summed E-state index contributed by atoms with van der Waals surface area (Å²) in [5, 5.41) is 7.50. The molecular formula is C14H16BrClN2S. The van der Waals surface area contributed by atoms with Crippen molar-refractivity contribution in [2.75, 3.05) is 6.54 Å². The van der Waals surface area contributed by atoms with E-state index in [-0.39, 0.29) is 6.04 Å². The van der Waals surface area contributed by atoms with E-state index >= 15 is 0 Å². The number of halogens is 2. The number of nitrogens with zero attached hydrogens (tertiary/aromatic N) is 1. The zero-order valence-electron chi connectivity index (χ0n) is 10.9. The van der Waals surface area contributed by atoms with E-state index in [1.807, 2.05) is 19.1 Å². The highest BCUT2D eigenvalue weighted by molar-refractivity contribution is 9.10. The van der Waals surface area contributed by atoms with Crippen molar-refractivity contribution < 1.29 is 0 Å². The molecule has 0 aliphatic heterocycles. The molecule has 1 N–H and O–H groups in total. The third-order valence-corrected chi connectivity index (χ3v) is 4.52. The Hall–Kier alpha value is -0.420. The fourth-order valence-corrected chi connectivity index (χ4v) is 3.28. The number of likely N-dealkylation sites (N-methyl/N-ethyl adjacent to an activating group) is 1. The van der Waals surface area contributed by atoms with Crippen LogP contribution in [0.25, 0.3) is 0 Å². The van der Waals surface area contributed by atoms with Crippen molar-refractivity contribution in [1.29, 1.82) is 0 Å². The summed E-state index contributed by atoms with van der Waals surface area (Å²) in [7, 11) is 0. The van der Waals surface area contributed by atoms with Gasteiger partial charge in [0.1, 0.15) is 0 Å². The Morgan fingerprint density at radius 2 is 2.26 bits per heavy atom. The lowest BCUT2D eigenvalue weighted by Gasteiger charge is -2.19. The first-order valence-corrected chi connectivity index (χ1v) is 8.24. The summed E-state index contributed by atoms with van der Waals surface area (Å²) in [6.07, 6.45) is 0.856. The highest BCUT2D eigenvalue weighted by Crippen LogP contribution is 2.29. The van der Waals surface area contributed by atoms with Crippen molar-refractivity contribution in [2.24, 2.45) is 0 Å². The third-order valence-electron chi connectivity index (χ3n) is 2.86. The Morgan fingerprint density at radius 1 is 1.47 bits per heavy atom. The molecule has 0 fully saturated rings. The summed E-state index contributed by atoms with van der Waals surface area (Å²) < 4.78 is 1.05. The van der Waals surface area contributed by atoms with E-state index in [1.165, 1.54) is 0 Å². The summed E-state index contributed by atoms with van der Waals surface area (Å²) in [5.41, 5.74) is 2.23. The molecule has 0 amide bonds. The molecule has 1 aromatic heterocycles. The average molecular weight is 360 g/mol. The molecule has 0 bridgehead atoms. The van der Waals surface area contributed by atoms with Crippen molar-refractivity contribution in [3.8, 4) is 0 Å². The number of thiazole rings is 1. The van der Waals surface area contributed by atoms with Crippen molar-refractivity contribution in [2.45, 2.75) is 26.3 Å². The molecule has 0 spiro atoms. The topological polar surface area (TPSA) is 24.9 Å². The molecule has 19 heavy (non-hydrogen) atoms. The first-order chi connectivity index (χ1) is 9.10. The largest absolute Gasteiger partial charge is 0.310 e. The number of aromatic nitrogens is 1.